The van der Waals surface area contributed by atoms with Crippen molar-refractivity contribution in [1.82, 2.24) is 9.13 Å². The predicted octanol–water partition coefficient (Wildman–Crippen LogP) is 9.71. The van der Waals surface area contributed by atoms with Crippen LogP contribution in [0.4, 0.5) is 0 Å². The fourth-order valence-corrected chi connectivity index (χ4v) is 7.94. The number of rotatable bonds is 0. The highest BCUT2D eigenvalue weighted by atomic mass is 32.1. The van der Waals surface area contributed by atoms with Gasteiger partial charge in [0.2, 0.25) is 0 Å². The fraction of sp³-hybridized carbons (Fsp3) is 0.0625. The van der Waals surface area contributed by atoms with Gasteiger partial charge in [-0.15, -0.1) is 22.7 Å². The molecule has 2 nitrogen and oxygen atoms in total. The highest BCUT2D eigenvalue weighted by Gasteiger charge is 2.16. The Balaban J connectivity index is 1.41. The van der Waals surface area contributed by atoms with E-state index in [1.807, 2.05) is 22.7 Å². The third-order valence-corrected chi connectivity index (χ3v) is 9.95. The molecule has 0 fully saturated rings. The van der Waals surface area contributed by atoms with E-state index in [-0.39, 0.29) is 0 Å². The molecule has 0 aliphatic carbocycles. The largest absolute Gasteiger partial charge is 0.344 e. The summed E-state index contributed by atoms with van der Waals surface area (Å²) < 4.78 is 7.45. The van der Waals surface area contributed by atoms with E-state index in [1.54, 1.807) is 0 Å². The van der Waals surface area contributed by atoms with Crippen LogP contribution < -0.4 is 0 Å². The molecule has 0 amide bonds. The number of nitrogens with zero attached hydrogens (tertiary/aromatic N) is 2. The average Bonchev–Trinajstić information content (AvgIpc) is 3.65. The van der Waals surface area contributed by atoms with Crippen LogP contribution in [0.25, 0.3) is 85.3 Å². The lowest BCUT2D eigenvalue weighted by molar-refractivity contribution is 1.01. The highest BCUT2D eigenvalue weighted by Crippen LogP contribution is 2.40. The van der Waals surface area contributed by atoms with Crippen LogP contribution in [0.15, 0.2) is 83.6 Å². The molecular weight excluding hydrogens is 477 g/mol. The van der Waals surface area contributed by atoms with Crippen LogP contribution in [0, 0.1) is 0 Å². The number of thiophene rings is 2. The van der Waals surface area contributed by atoms with Gasteiger partial charge in [-0.05, 0) is 116 Å². The summed E-state index contributed by atoms with van der Waals surface area (Å²) in [5.41, 5.74) is 5.15. The number of fused-ring (bicyclic) bond motifs is 10. The third-order valence-electron chi connectivity index (χ3n) is 8.19. The average molecular weight is 497 g/mol. The molecule has 4 heteroatoms. The first kappa shape index (κ1) is 19.3. The second kappa shape index (κ2) is 6.47. The topological polar surface area (TPSA) is 9.86 Å². The van der Waals surface area contributed by atoms with Crippen molar-refractivity contribution < 1.29 is 0 Å². The lowest BCUT2D eigenvalue weighted by atomic mass is 10.0. The van der Waals surface area contributed by atoms with E-state index in [9.17, 15) is 0 Å². The van der Waals surface area contributed by atoms with Gasteiger partial charge in [0.25, 0.3) is 0 Å². The summed E-state index contributed by atoms with van der Waals surface area (Å²) in [5, 5.41) is 17.6. The number of aryl methyl sites for hydroxylation is 2. The van der Waals surface area contributed by atoms with Crippen molar-refractivity contribution in [3.05, 3.63) is 83.6 Å². The van der Waals surface area contributed by atoms with Crippen molar-refractivity contribution >= 4 is 108 Å². The van der Waals surface area contributed by atoms with Gasteiger partial charge in [-0.2, -0.15) is 0 Å². The van der Waals surface area contributed by atoms with Crippen LogP contribution in [0.5, 0.6) is 0 Å². The van der Waals surface area contributed by atoms with E-state index in [0.29, 0.717) is 0 Å². The summed E-state index contributed by atoms with van der Waals surface area (Å²) in [5.74, 6) is 0. The first-order valence-corrected chi connectivity index (χ1v) is 13.9. The van der Waals surface area contributed by atoms with E-state index >= 15 is 0 Å². The fourth-order valence-electron chi connectivity index (χ4n) is 6.30. The molecular formula is C32H20N2S2. The normalized spacial score (nSPS) is 12.7. The van der Waals surface area contributed by atoms with Gasteiger partial charge in [0.05, 0.1) is 0 Å². The van der Waals surface area contributed by atoms with Crippen LogP contribution in [-0.2, 0) is 14.1 Å². The maximum absolute atomic E-state index is 2.41. The molecule has 0 N–H and O–H groups in total. The van der Waals surface area contributed by atoms with Crippen LogP contribution >= 0.6 is 22.7 Å². The van der Waals surface area contributed by atoms with Crippen molar-refractivity contribution in [1.29, 1.82) is 0 Å². The lowest BCUT2D eigenvalue weighted by Crippen LogP contribution is -1.88. The van der Waals surface area contributed by atoms with Crippen LogP contribution in [-0.4, -0.2) is 9.13 Å². The minimum absolute atomic E-state index is 1.29. The first-order valence-electron chi connectivity index (χ1n) is 12.2. The zero-order valence-electron chi connectivity index (χ0n) is 19.8. The Bertz CT molecular complexity index is 2220. The smallest absolute Gasteiger partial charge is 0.0496 e. The Morgan fingerprint density at radius 1 is 0.417 bits per heavy atom. The van der Waals surface area contributed by atoms with Crippen molar-refractivity contribution in [3.63, 3.8) is 0 Å². The highest BCUT2D eigenvalue weighted by molar-refractivity contribution is 7.17. The summed E-state index contributed by atoms with van der Waals surface area (Å²) in [6, 6.07) is 28.1. The molecule has 0 aliphatic heterocycles. The van der Waals surface area contributed by atoms with E-state index in [1.165, 1.54) is 85.3 Å². The van der Waals surface area contributed by atoms with E-state index in [0.717, 1.165) is 0 Å². The standard InChI is InChI=1S/C32H20N2S2/c1-33-27-11-19-7-17-3-5-35-31(17)13-21(19)9-23(27)25-16-30-26(15-29(25)33)24-10-22-14-32-18(4-6-36-32)8-20(22)12-28(24)34(30)2/h3-16H,1-2H3. The zero-order valence-corrected chi connectivity index (χ0v) is 21.4. The Kier molecular flexibility index (Phi) is 3.47. The molecule has 36 heavy (non-hydrogen) atoms. The maximum atomic E-state index is 2.41. The Morgan fingerprint density at radius 2 is 0.806 bits per heavy atom. The van der Waals surface area contributed by atoms with Crippen LogP contribution in [0.3, 0.4) is 0 Å². The van der Waals surface area contributed by atoms with Gasteiger partial charge >= 0.3 is 0 Å². The molecule has 4 heterocycles. The number of hydrogen-bond donors (Lipinski definition) is 0. The summed E-state index contributed by atoms with van der Waals surface area (Å²) in [6.07, 6.45) is 0. The van der Waals surface area contributed by atoms with Gasteiger partial charge in [0, 0.05) is 67.1 Å². The minimum Gasteiger partial charge on any atom is -0.344 e. The van der Waals surface area contributed by atoms with Gasteiger partial charge in [-0.3, -0.25) is 0 Å². The summed E-state index contributed by atoms with van der Waals surface area (Å²) in [7, 11) is 4.42. The molecule has 0 atom stereocenters. The zero-order chi connectivity index (χ0) is 23.7. The molecule has 0 saturated carbocycles. The molecule has 4 aromatic heterocycles. The quantitative estimate of drug-likeness (QED) is 0.198. The lowest BCUT2D eigenvalue weighted by Gasteiger charge is -2.02. The molecule has 0 radical (unpaired) electrons. The molecule has 170 valence electrons. The van der Waals surface area contributed by atoms with Gasteiger partial charge in [-0.25, -0.2) is 0 Å². The Labute approximate surface area is 214 Å². The van der Waals surface area contributed by atoms with E-state index in [4.69, 9.17) is 0 Å². The second-order valence-corrected chi connectivity index (χ2v) is 12.0. The van der Waals surface area contributed by atoms with E-state index < -0.39 is 0 Å². The predicted molar refractivity (Wildman–Crippen MR) is 160 cm³/mol. The van der Waals surface area contributed by atoms with Gasteiger partial charge in [-0.1, -0.05) is 0 Å². The van der Waals surface area contributed by atoms with Gasteiger partial charge < -0.3 is 9.13 Å². The van der Waals surface area contributed by atoms with Crippen molar-refractivity contribution in [2.24, 2.45) is 14.1 Å². The van der Waals surface area contributed by atoms with Gasteiger partial charge in [0.15, 0.2) is 0 Å². The molecule has 0 aliphatic rings. The monoisotopic (exact) mass is 496 g/mol. The first-order chi connectivity index (χ1) is 17.6. The molecule has 0 unspecified atom stereocenters. The third kappa shape index (κ3) is 2.36. The van der Waals surface area contributed by atoms with Gasteiger partial charge in [0.1, 0.15) is 0 Å². The minimum atomic E-state index is 1.29. The number of aromatic nitrogens is 2. The molecule has 9 rings (SSSR count). The Morgan fingerprint density at radius 3 is 1.28 bits per heavy atom. The molecule has 5 aromatic carbocycles. The molecule has 0 bridgehead atoms. The van der Waals surface area contributed by atoms with Crippen LogP contribution in [0.1, 0.15) is 0 Å². The van der Waals surface area contributed by atoms with Crippen LogP contribution in [0.2, 0.25) is 0 Å². The number of hydrogen-bond acceptors (Lipinski definition) is 2. The summed E-state index contributed by atoms with van der Waals surface area (Å²) >= 11 is 3.63. The second-order valence-electron chi connectivity index (χ2n) is 10.1. The Hall–Kier alpha value is -3.86. The maximum Gasteiger partial charge on any atom is 0.0496 e. The number of benzene rings is 5. The van der Waals surface area contributed by atoms with Crippen molar-refractivity contribution in [3.8, 4) is 0 Å². The van der Waals surface area contributed by atoms with Crippen molar-refractivity contribution in [2.45, 2.75) is 0 Å². The molecule has 0 saturated heterocycles. The SMILES string of the molecule is Cn1c2cc3cc4ccsc4cc3cc2c2cc3c(cc21)c1cc2cc4sccc4cc2cc1n3C. The summed E-state index contributed by atoms with van der Waals surface area (Å²) in [4.78, 5) is 0. The van der Waals surface area contributed by atoms with E-state index in [2.05, 4.69) is 107 Å². The summed E-state index contributed by atoms with van der Waals surface area (Å²) in [6.45, 7) is 0. The van der Waals surface area contributed by atoms with Crippen molar-refractivity contribution in [2.75, 3.05) is 0 Å². The molecule has 0 spiro atoms. The molecule has 9 aromatic rings.